The number of H-pyrrole nitrogens is 1. The molecule has 4 rings (SSSR count). The van der Waals surface area contributed by atoms with Crippen LogP contribution in [0.25, 0.3) is 22.4 Å². The summed E-state index contributed by atoms with van der Waals surface area (Å²) in [6.45, 7) is 6.35. The molecule has 6 nitrogen and oxygen atoms in total. The van der Waals surface area contributed by atoms with E-state index in [1.807, 2.05) is 25.2 Å². The van der Waals surface area contributed by atoms with Crippen molar-refractivity contribution >= 4 is 28.7 Å². The molecule has 0 spiro atoms. The number of anilines is 1. The van der Waals surface area contributed by atoms with Crippen molar-refractivity contribution in [2.75, 3.05) is 11.9 Å². The summed E-state index contributed by atoms with van der Waals surface area (Å²) in [5.41, 5.74) is 4.04. The predicted molar refractivity (Wildman–Crippen MR) is 114 cm³/mol. The first-order valence-corrected chi connectivity index (χ1v) is 10.2. The van der Waals surface area contributed by atoms with E-state index in [1.54, 1.807) is 11.8 Å². The van der Waals surface area contributed by atoms with E-state index in [9.17, 15) is 0 Å². The third-order valence-corrected chi connectivity index (χ3v) is 5.68. The quantitative estimate of drug-likeness (QED) is 0.462. The smallest absolute Gasteiger partial charge is 0.237 e. The summed E-state index contributed by atoms with van der Waals surface area (Å²) in [5, 5.41) is 4.15. The predicted octanol–water partition coefficient (Wildman–Crippen LogP) is 5.06. The number of hydrogen-bond acceptors (Lipinski definition) is 6. The molecule has 0 aliphatic heterocycles. The topological polar surface area (TPSA) is 70.8 Å². The van der Waals surface area contributed by atoms with Crippen LogP contribution in [-0.4, -0.2) is 33.2 Å². The third-order valence-electron chi connectivity index (χ3n) is 4.69. The van der Waals surface area contributed by atoms with E-state index in [-0.39, 0.29) is 0 Å². The zero-order valence-corrected chi connectivity index (χ0v) is 17.2. The van der Waals surface area contributed by atoms with Gasteiger partial charge in [-0.3, -0.25) is 0 Å². The Hall–Kier alpha value is -2.80. The largest absolute Gasteiger partial charge is 0.343 e. The molecule has 2 aromatic heterocycles. The lowest BCUT2D eigenvalue weighted by atomic mass is 10.2. The minimum absolute atomic E-state index is 0.367. The summed E-state index contributed by atoms with van der Waals surface area (Å²) in [5.74, 6) is 2.71. The van der Waals surface area contributed by atoms with Gasteiger partial charge >= 0.3 is 0 Å². The van der Waals surface area contributed by atoms with Crippen LogP contribution in [0.5, 0.6) is 0 Å². The summed E-state index contributed by atoms with van der Waals surface area (Å²) in [4.78, 5) is 15.9. The van der Waals surface area contributed by atoms with E-state index in [2.05, 4.69) is 70.0 Å². The van der Waals surface area contributed by atoms with Gasteiger partial charge in [0.1, 0.15) is 0 Å². The van der Waals surface area contributed by atoms with Crippen LogP contribution < -0.4 is 4.90 Å². The number of nitrogens with one attached hydrogen (secondary N) is 1. The Labute approximate surface area is 168 Å². The van der Waals surface area contributed by atoms with Crippen molar-refractivity contribution in [3.8, 4) is 11.4 Å². The molecule has 7 heteroatoms. The summed E-state index contributed by atoms with van der Waals surface area (Å²) in [7, 11) is 2.03. The molecule has 0 amide bonds. The molecule has 0 fully saturated rings. The first kappa shape index (κ1) is 18.6. The second-order valence-electron chi connectivity index (χ2n) is 7.11. The third kappa shape index (κ3) is 3.89. The van der Waals surface area contributed by atoms with Crippen molar-refractivity contribution in [2.45, 2.75) is 37.5 Å². The number of aromatic amines is 1. The Morgan fingerprint density at radius 2 is 1.89 bits per heavy atom. The Bertz CT molecular complexity index is 1080. The van der Waals surface area contributed by atoms with Crippen LogP contribution in [0.4, 0.5) is 5.95 Å². The fraction of sp³-hybridized carbons (Fsp3) is 0.286. The number of nitrogens with zero attached hydrogens (tertiary/aromatic N) is 4. The van der Waals surface area contributed by atoms with E-state index >= 15 is 0 Å². The molecular formula is C21H23N5OS. The SMILES string of the molecule is Cc1ccc(SCc2nc(-c3ccc4nc(N(C)C(C)C)[nH]c4c3)no2)cc1. The van der Waals surface area contributed by atoms with Gasteiger partial charge in [-0.15, -0.1) is 11.8 Å². The maximum Gasteiger partial charge on any atom is 0.237 e. The van der Waals surface area contributed by atoms with Gasteiger partial charge in [0.25, 0.3) is 0 Å². The van der Waals surface area contributed by atoms with Crippen molar-refractivity contribution in [3.63, 3.8) is 0 Å². The molecule has 0 bridgehead atoms. The molecule has 0 saturated carbocycles. The van der Waals surface area contributed by atoms with Crippen molar-refractivity contribution < 1.29 is 4.52 Å². The van der Waals surface area contributed by atoms with Gasteiger partial charge in [0.05, 0.1) is 16.8 Å². The molecule has 0 atom stereocenters. The van der Waals surface area contributed by atoms with Crippen molar-refractivity contribution in [1.82, 2.24) is 20.1 Å². The molecule has 0 aliphatic carbocycles. The number of aromatic nitrogens is 4. The van der Waals surface area contributed by atoms with Crippen molar-refractivity contribution in [1.29, 1.82) is 0 Å². The highest BCUT2D eigenvalue weighted by molar-refractivity contribution is 7.98. The van der Waals surface area contributed by atoms with Crippen LogP contribution in [0.2, 0.25) is 0 Å². The zero-order valence-electron chi connectivity index (χ0n) is 16.4. The average molecular weight is 394 g/mol. The lowest BCUT2D eigenvalue weighted by Gasteiger charge is -2.19. The van der Waals surface area contributed by atoms with Crippen LogP contribution in [-0.2, 0) is 5.75 Å². The first-order valence-electron chi connectivity index (χ1n) is 9.24. The number of rotatable bonds is 6. The van der Waals surface area contributed by atoms with E-state index in [0.29, 0.717) is 23.5 Å². The van der Waals surface area contributed by atoms with E-state index in [0.717, 1.165) is 22.5 Å². The van der Waals surface area contributed by atoms with Crippen LogP contribution in [0.1, 0.15) is 25.3 Å². The van der Waals surface area contributed by atoms with Gasteiger partial charge < -0.3 is 14.4 Å². The van der Waals surface area contributed by atoms with Gasteiger partial charge in [-0.1, -0.05) is 22.9 Å². The second kappa shape index (κ2) is 7.67. The van der Waals surface area contributed by atoms with Crippen molar-refractivity contribution in [3.05, 3.63) is 53.9 Å². The standard InChI is InChI=1S/C21H23N5OS/c1-13(2)26(4)21-22-17-10-7-15(11-18(17)23-21)20-24-19(27-25-20)12-28-16-8-5-14(3)6-9-16/h5-11,13H,12H2,1-4H3,(H,22,23). The lowest BCUT2D eigenvalue weighted by molar-refractivity contribution is 0.391. The van der Waals surface area contributed by atoms with Gasteiger partial charge in [-0.25, -0.2) is 4.98 Å². The highest BCUT2D eigenvalue weighted by Crippen LogP contribution is 2.26. The van der Waals surface area contributed by atoms with E-state index in [4.69, 9.17) is 4.52 Å². The molecule has 0 saturated heterocycles. The lowest BCUT2D eigenvalue weighted by Crippen LogP contribution is -2.26. The molecule has 2 heterocycles. The number of thioether (sulfide) groups is 1. The number of benzene rings is 2. The zero-order chi connectivity index (χ0) is 19.7. The Morgan fingerprint density at radius 3 is 2.64 bits per heavy atom. The van der Waals surface area contributed by atoms with Gasteiger partial charge in [0.2, 0.25) is 17.7 Å². The molecule has 144 valence electrons. The average Bonchev–Trinajstić information content (AvgIpc) is 3.33. The van der Waals surface area contributed by atoms with Gasteiger partial charge in [0.15, 0.2) is 0 Å². The van der Waals surface area contributed by atoms with Crippen molar-refractivity contribution in [2.24, 2.45) is 0 Å². The number of hydrogen-bond donors (Lipinski definition) is 1. The summed E-state index contributed by atoms with van der Waals surface area (Å²) in [6.07, 6.45) is 0. The maximum absolute atomic E-state index is 5.44. The Morgan fingerprint density at radius 1 is 1.11 bits per heavy atom. The second-order valence-corrected chi connectivity index (χ2v) is 8.16. The Kier molecular flexibility index (Phi) is 5.09. The maximum atomic E-state index is 5.44. The highest BCUT2D eigenvalue weighted by Gasteiger charge is 2.13. The normalized spacial score (nSPS) is 11.5. The monoisotopic (exact) mass is 393 g/mol. The number of imidazole rings is 1. The van der Waals surface area contributed by atoms with Gasteiger partial charge in [-0.05, 0) is 51.1 Å². The van der Waals surface area contributed by atoms with Gasteiger partial charge in [0, 0.05) is 23.5 Å². The van der Waals surface area contributed by atoms with Crippen LogP contribution in [0.15, 0.2) is 51.9 Å². The molecule has 4 aromatic rings. The minimum atomic E-state index is 0.367. The minimum Gasteiger partial charge on any atom is -0.343 e. The molecule has 2 aromatic carbocycles. The fourth-order valence-corrected chi connectivity index (χ4v) is 3.49. The number of aryl methyl sites for hydroxylation is 1. The fourth-order valence-electron chi connectivity index (χ4n) is 2.76. The molecular weight excluding hydrogens is 370 g/mol. The first-order chi connectivity index (χ1) is 13.5. The molecule has 1 N–H and O–H groups in total. The Balaban J connectivity index is 1.51. The van der Waals surface area contributed by atoms with Crippen LogP contribution >= 0.6 is 11.8 Å². The summed E-state index contributed by atoms with van der Waals surface area (Å²) >= 11 is 1.68. The highest BCUT2D eigenvalue weighted by atomic mass is 32.2. The van der Waals surface area contributed by atoms with Crippen LogP contribution in [0.3, 0.4) is 0 Å². The summed E-state index contributed by atoms with van der Waals surface area (Å²) < 4.78 is 5.44. The molecule has 0 unspecified atom stereocenters. The molecule has 0 radical (unpaired) electrons. The number of fused-ring (bicyclic) bond motifs is 1. The van der Waals surface area contributed by atoms with E-state index < -0.39 is 0 Å². The summed E-state index contributed by atoms with van der Waals surface area (Å²) in [6, 6.07) is 14.8. The van der Waals surface area contributed by atoms with Crippen LogP contribution in [0, 0.1) is 6.92 Å². The van der Waals surface area contributed by atoms with Gasteiger partial charge in [-0.2, -0.15) is 4.98 Å². The van der Waals surface area contributed by atoms with E-state index in [1.165, 1.54) is 10.5 Å². The molecule has 28 heavy (non-hydrogen) atoms. The molecule has 0 aliphatic rings.